The smallest absolute Gasteiger partial charge is 0.0406 e. The summed E-state index contributed by atoms with van der Waals surface area (Å²) in [7, 11) is 0. The van der Waals surface area contributed by atoms with Crippen molar-refractivity contribution in [2.24, 2.45) is 5.73 Å². The van der Waals surface area contributed by atoms with Crippen molar-refractivity contribution in [2.75, 3.05) is 0 Å². The minimum absolute atomic E-state index is 0.158. The van der Waals surface area contributed by atoms with E-state index in [0.717, 1.165) is 15.9 Å². The topological polar surface area (TPSA) is 26.0 Å². The maximum atomic E-state index is 5.91. The molecule has 1 nitrogen and oxygen atoms in total. The molecule has 0 heterocycles. The molecule has 1 unspecified atom stereocenters. The molecule has 0 radical (unpaired) electrons. The second kappa shape index (κ2) is 6.80. The summed E-state index contributed by atoms with van der Waals surface area (Å²) >= 11 is 11.2. The van der Waals surface area contributed by atoms with E-state index in [1.807, 2.05) is 31.2 Å². The van der Waals surface area contributed by atoms with Gasteiger partial charge in [-0.3, -0.25) is 0 Å². The van der Waals surface area contributed by atoms with Crippen LogP contribution in [0.3, 0.4) is 0 Å². The van der Waals surface area contributed by atoms with Gasteiger partial charge in [0.25, 0.3) is 0 Å². The molecule has 0 amide bonds. The summed E-state index contributed by atoms with van der Waals surface area (Å²) in [5.74, 6) is 0. The summed E-state index contributed by atoms with van der Waals surface area (Å²) < 4.78 is 1.08. The SMILES string of the molecule is CC(N)Cc1ccc(Br)cc1Sc1ccc(Cl)cc1. The van der Waals surface area contributed by atoms with Gasteiger partial charge in [-0.2, -0.15) is 0 Å². The summed E-state index contributed by atoms with van der Waals surface area (Å²) in [5.41, 5.74) is 7.18. The molecule has 0 aliphatic rings. The first-order valence-corrected chi connectivity index (χ1v) is 8.01. The first-order valence-electron chi connectivity index (χ1n) is 6.02. The van der Waals surface area contributed by atoms with E-state index in [1.165, 1.54) is 15.4 Å². The van der Waals surface area contributed by atoms with Gasteiger partial charge in [0, 0.05) is 25.3 Å². The summed E-state index contributed by atoms with van der Waals surface area (Å²) in [6.07, 6.45) is 0.878. The van der Waals surface area contributed by atoms with E-state index in [4.69, 9.17) is 17.3 Å². The molecule has 0 bridgehead atoms. The molecule has 2 aromatic rings. The molecular formula is C15H15BrClNS. The average Bonchev–Trinajstić information content (AvgIpc) is 2.35. The van der Waals surface area contributed by atoms with Crippen molar-refractivity contribution in [3.05, 3.63) is 57.5 Å². The predicted octanol–water partition coefficient (Wildman–Crippen LogP) is 5.14. The van der Waals surface area contributed by atoms with Crippen LogP contribution in [0.25, 0.3) is 0 Å². The lowest BCUT2D eigenvalue weighted by Gasteiger charge is -2.12. The molecule has 0 aromatic heterocycles. The van der Waals surface area contributed by atoms with Gasteiger partial charge in [-0.1, -0.05) is 45.4 Å². The molecule has 0 aliphatic heterocycles. The monoisotopic (exact) mass is 355 g/mol. The van der Waals surface area contributed by atoms with Crippen LogP contribution in [0.5, 0.6) is 0 Å². The van der Waals surface area contributed by atoms with Gasteiger partial charge in [0.05, 0.1) is 0 Å². The van der Waals surface area contributed by atoms with Crippen LogP contribution < -0.4 is 5.73 Å². The number of benzene rings is 2. The standard InChI is InChI=1S/C15H15BrClNS/c1-10(18)8-11-2-3-12(16)9-15(11)19-14-6-4-13(17)5-7-14/h2-7,9-10H,8,18H2,1H3. The summed E-state index contributed by atoms with van der Waals surface area (Å²) in [6.45, 7) is 2.03. The summed E-state index contributed by atoms with van der Waals surface area (Å²) in [5, 5.41) is 0.759. The molecule has 0 fully saturated rings. The first-order chi connectivity index (χ1) is 9.04. The van der Waals surface area contributed by atoms with E-state index < -0.39 is 0 Å². The Labute approximate surface area is 131 Å². The van der Waals surface area contributed by atoms with Crippen LogP contribution in [-0.4, -0.2) is 6.04 Å². The van der Waals surface area contributed by atoms with Crippen molar-refractivity contribution < 1.29 is 0 Å². The van der Waals surface area contributed by atoms with Crippen LogP contribution in [-0.2, 0) is 6.42 Å². The molecule has 0 spiro atoms. The summed E-state index contributed by atoms with van der Waals surface area (Å²) in [6, 6.07) is 14.4. The van der Waals surface area contributed by atoms with E-state index in [-0.39, 0.29) is 6.04 Å². The van der Waals surface area contributed by atoms with Crippen LogP contribution >= 0.6 is 39.3 Å². The normalized spacial score (nSPS) is 12.4. The van der Waals surface area contributed by atoms with Crippen LogP contribution in [0.4, 0.5) is 0 Å². The van der Waals surface area contributed by atoms with Gasteiger partial charge in [-0.05, 0) is 55.3 Å². The lowest BCUT2D eigenvalue weighted by molar-refractivity contribution is 0.729. The third-order valence-electron chi connectivity index (χ3n) is 2.61. The maximum Gasteiger partial charge on any atom is 0.0406 e. The van der Waals surface area contributed by atoms with Gasteiger partial charge in [-0.15, -0.1) is 0 Å². The number of hydrogen-bond acceptors (Lipinski definition) is 2. The number of hydrogen-bond donors (Lipinski definition) is 1. The highest BCUT2D eigenvalue weighted by Gasteiger charge is 2.07. The Hall–Kier alpha value is -0.480. The Morgan fingerprint density at radius 3 is 2.53 bits per heavy atom. The lowest BCUT2D eigenvalue weighted by Crippen LogP contribution is -2.18. The van der Waals surface area contributed by atoms with Gasteiger partial charge < -0.3 is 5.73 Å². The Bertz CT molecular complexity index is 555. The highest BCUT2D eigenvalue weighted by atomic mass is 79.9. The molecule has 19 heavy (non-hydrogen) atoms. The molecule has 2 N–H and O–H groups in total. The molecule has 100 valence electrons. The van der Waals surface area contributed by atoms with Gasteiger partial charge >= 0.3 is 0 Å². The molecular weight excluding hydrogens is 342 g/mol. The van der Waals surface area contributed by atoms with Gasteiger partial charge in [-0.25, -0.2) is 0 Å². The van der Waals surface area contributed by atoms with Crippen molar-refractivity contribution in [1.82, 2.24) is 0 Å². The van der Waals surface area contributed by atoms with E-state index in [2.05, 4.69) is 34.1 Å². The van der Waals surface area contributed by atoms with Crippen molar-refractivity contribution in [3.63, 3.8) is 0 Å². The van der Waals surface area contributed by atoms with Gasteiger partial charge in [0.1, 0.15) is 0 Å². The highest BCUT2D eigenvalue weighted by Crippen LogP contribution is 2.33. The minimum Gasteiger partial charge on any atom is -0.328 e. The minimum atomic E-state index is 0.158. The largest absolute Gasteiger partial charge is 0.328 e. The van der Waals surface area contributed by atoms with Crippen LogP contribution in [0.15, 0.2) is 56.7 Å². The third kappa shape index (κ3) is 4.53. The quantitative estimate of drug-likeness (QED) is 0.820. The number of halogens is 2. The molecule has 4 heteroatoms. The lowest BCUT2D eigenvalue weighted by atomic mass is 10.1. The molecule has 2 aromatic carbocycles. The Morgan fingerprint density at radius 2 is 1.89 bits per heavy atom. The van der Waals surface area contributed by atoms with Crippen LogP contribution in [0, 0.1) is 0 Å². The van der Waals surface area contributed by atoms with E-state index in [9.17, 15) is 0 Å². The zero-order valence-corrected chi connectivity index (χ0v) is 13.7. The van der Waals surface area contributed by atoms with Crippen LogP contribution in [0.1, 0.15) is 12.5 Å². The molecule has 0 saturated heterocycles. The predicted molar refractivity (Wildman–Crippen MR) is 87.1 cm³/mol. The van der Waals surface area contributed by atoms with Crippen LogP contribution in [0.2, 0.25) is 5.02 Å². The number of rotatable bonds is 4. The Kier molecular flexibility index (Phi) is 5.34. The van der Waals surface area contributed by atoms with E-state index in [0.29, 0.717) is 0 Å². The first kappa shape index (κ1) is 14.9. The second-order valence-corrected chi connectivity index (χ2v) is 6.96. The fourth-order valence-corrected chi connectivity index (χ4v) is 3.40. The average molecular weight is 357 g/mol. The fourth-order valence-electron chi connectivity index (χ4n) is 1.77. The zero-order valence-electron chi connectivity index (χ0n) is 10.6. The van der Waals surface area contributed by atoms with Crippen molar-refractivity contribution in [1.29, 1.82) is 0 Å². The van der Waals surface area contributed by atoms with Gasteiger partial charge in [0.15, 0.2) is 0 Å². The second-order valence-electron chi connectivity index (χ2n) is 4.49. The highest BCUT2D eigenvalue weighted by molar-refractivity contribution is 9.10. The van der Waals surface area contributed by atoms with E-state index in [1.54, 1.807) is 11.8 Å². The third-order valence-corrected chi connectivity index (χ3v) is 4.47. The maximum absolute atomic E-state index is 5.91. The Morgan fingerprint density at radius 1 is 1.21 bits per heavy atom. The molecule has 0 aliphatic carbocycles. The number of nitrogens with two attached hydrogens (primary N) is 1. The fraction of sp³-hybridized carbons (Fsp3) is 0.200. The molecule has 1 atom stereocenters. The van der Waals surface area contributed by atoms with Gasteiger partial charge in [0.2, 0.25) is 0 Å². The zero-order chi connectivity index (χ0) is 13.8. The molecule has 2 rings (SSSR count). The van der Waals surface area contributed by atoms with Crippen molar-refractivity contribution in [3.8, 4) is 0 Å². The molecule has 0 saturated carbocycles. The Balaban J connectivity index is 2.27. The van der Waals surface area contributed by atoms with Crippen molar-refractivity contribution >= 4 is 39.3 Å². The summed E-state index contributed by atoms with van der Waals surface area (Å²) in [4.78, 5) is 2.41. The van der Waals surface area contributed by atoms with Crippen molar-refractivity contribution in [2.45, 2.75) is 29.2 Å². The van der Waals surface area contributed by atoms with E-state index >= 15 is 0 Å².